The molecule has 0 spiro atoms. The van der Waals surface area contributed by atoms with Crippen LogP contribution in [-0.2, 0) is 0 Å². The molecule has 0 saturated heterocycles. The van der Waals surface area contributed by atoms with Gasteiger partial charge in [-0.25, -0.2) is 0 Å². The molecule has 0 aliphatic rings. The smallest absolute Gasteiger partial charge is 0.119 e. The van der Waals surface area contributed by atoms with Gasteiger partial charge in [0.2, 0.25) is 0 Å². The molecule has 5 rings (SSSR count). The van der Waals surface area contributed by atoms with Crippen molar-refractivity contribution in [1.82, 2.24) is 0 Å². The molecule has 0 heterocycles. The number of benzene rings is 5. The van der Waals surface area contributed by atoms with E-state index in [4.69, 9.17) is 9.47 Å². The van der Waals surface area contributed by atoms with Crippen molar-refractivity contribution < 1.29 is 9.47 Å². The van der Waals surface area contributed by atoms with Gasteiger partial charge in [-0.05, 0) is 150 Å². The molecule has 0 bridgehead atoms. The minimum Gasteiger partial charge on any atom is -0.494 e. The minimum absolute atomic E-state index is 0.771. The van der Waals surface area contributed by atoms with Crippen LogP contribution in [0.2, 0.25) is 0 Å². The van der Waals surface area contributed by atoms with Gasteiger partial charge in [-0.15, -0.1) is 0 Å². The van der Waals surface area contributed by atoms with E-state index in [1.807, 2.05) is 0 Å². The third-order valence-corrected chi connectivity index (χ3v) is 9.20. The van der Waals surface area contributed by atoms with Gasteiger partial charge in [-0.1, -0.05) is 88.8 Å². The Kier molecular flexibility index (Phi) is 11.4. The SMILES string of the molecule is CCCCCCOc1ccc(-c2c(-c3ccc(OCCCCCC)cc3)c3cc(I)ccc3c3ccc(I)cc23)cc1. The van der Waals surface area contributed by atoms with Crippen molar-refractivity contribution in [3.05, 3.63) is 92.1 Å². The summed E-state index contributed by atoms with van der Waals surface area (Å²) in [5, 5.41) is 5.11. The maximum absolute atomic E-state index is 6.10. The lowest BCUT2D eigenvalue weighted by Crippen LogP contribution is -1.98. The average Bonchev–Trinajstić information content (AvgIpc) is 3.01. The number of hydrogen-bond acceptors (Lipinski definition) is 2. The van der Waals surface area contributed by atoms with E-state index in [9.17, 15) is 0 Å². The standard InChI is InChI=1S/C38H40I2O2/c1-3-5-7-9-23-41-31-17-11-27(12-18-31)37-35-25-29(39)15-21-33(35)34-22-16-30(40)26-36(34)38(37)28-13-19-32(20-14-28)42-24-10-8-6-4-2/h11-22,25-26H,3-10,23-24H2,1-2H3. The molecule has 4 heteroatoms. The third kappa shape index (κ3) is 7.60. The molecule has 2 nitrogen and oxygen atoms in total. The van der Waals surface area contributed by atoms with Crippen molar-refractivity contribution in [2.24, 2.45) is 0 Å². The maximum Gasteiger partial charge on any atom is 0.119 e. The van der Waals surface area contributed by atoms with Crippen LogP contribution in [0.5, 0.6) is 11.5 Å². The normalized spacial score (nSPS) is 11.3. The summed E-state index contributed by atoms with van der Waals surface area (Å²) in [7, 11) is 0. The summed E-state index contributed by atoms with van der Waals surface area (Å²) in [5.41, 5.74) is 4.93. The van der Waals surface area contributed by atoms with Gasteiger partial charge in [0.1, 0.15) is 11.5 Å². The molecule has 0 aromatic heterocycles. The maximum atomic E-state index is 6.10. The monoisotopic (exact) mass is 782 g/mol. The first-order valence-electron chi connectivity index (χ1n) is 15.4. The fourth-order valence-electron chi connectivity index (χ4n) is 5.66. The van der Waals surface area contributed by atoms with Crippen LogP contribution in [0, 0.1) is 7.14 Å². The van der Waals surface area contributed by atoms with Crippen molar-refractivity contribution in [2.45, 2.75) is 65.2 Å². The van der Waals surface area contributed by atoms with E-state index in [1.54, 1.807) is 0 Å². The van der Waals surface area contributed by atoms with E-state index >= 15 is 0 Å². The Morgan fingerprint density at radius 1 is 0.452 bits per heavy atom. The first kappa shape index (κ1) is 31.1. The lowest BCUT2D eigenvalue weighted by molar-refractivity contribution is 0.305. The van der Waals surface area contributed by atoms with Crippen LogP contribution in [0.1, 0.15) is 65.2 Å². The summed E-state index contributed by atoms with van der Waals surface area (Å²) in [6.07, 6.45) is 9.67. The van der Waals surface area contributed by atoms with E-state index < -0.39 is 0 Å². The van der Waals surface area contributed by atoms with Crippen molar-refractivity contribution in [3.63, 3.8) is 0 Å². The average molecular weight is 783 g/mol. The minimum atomic E-state index is 0.771. The van der Waals surface area contributed by atoms with Crippen molar-refractivity contribution >= 4 is 66.7 Å². The quantitative estimate of drug-likeness (QED) is 0.0635. The molecule has 0 fully saturated rings. The Balaban J connectivity index is 1.58. The zero-order chi connectivity index (χ0) is 29.3. The van der Waals surface area contributed by atoms with Gasteiger partial charge < -0.3 is 9.47 Å². The fourth-order valence-corrected chi connectivity index (χ4v) is 6.64. The van der Waals surface area contributed by atoms with E-state index in [-0.39, 0.29) is 0 Å². The number of rotatable bonds is 14. The molecular weight excluding hydrogens is 742 g/mol. The van der Waals surface area contributed by atoms with Crippen molar-refractivity contribution in [1.29, 1.82) is 0 Å². The second kappa shape index (κ2) is 15.4. The molecule has 5 aromatic carbocycles. The van der Waals surface area contributed by atoms with Crippen molar-refractivity contribution in [2.75, 3.05) is 13.2 Å². The summed E-state index contributed by atoms with van der Waals surface area (Å²) in [6.45, 7) is 6.02. The number of hydrogen-bond donors (Lipinski definition) is 0. The second-order valence-electron chi connectivity index (χ2n) is 11.0. The van der Waals surface area contributed by atoms with Crippen LogP contribution >= 0.6 is 45.2 Å². The van der Waals surface area contributed by atoms with E-state index in [1.165, 1.54) is 89.5 Å². The predicted molar refractivity (Wildman–Crippen MR) is 197 cm³/mol. The van der Waals surface area contributed by atoms with Gasteiger partial charge in [-0.2, -0.15) is 0 Å². The molecular formula is C38H40I2O2. The molecule has 218 valence electrons. The first-order chi connectivity index (χ1) is 20.6. The highest BCUT2D eigenvalue weighted by Gasteiger charge is 2.18. The van der Waals surface area contributed by atoms with Crippen molar-refractivity contribution in [3.8, 4) is 33.8 Å². The summed E-state index contributed by atoms with van der Waals surface area (Å²) < 4.78 is 14.7. The molecule has 0 amide bonds. The van der Waals surface area contributed by atoms with Crippen LogP contribution in [0.3, 0.4) is 0 Å². The van der Waals surface area contributed by atoms with Gasteiger partial charge >= 0.3 is 0 Å². The van der Waals surface area contributed by atoms with Gasteiger partial charge in [-0.3, -0.25) is 0 Å². The number of ether oxygens (including phenoxy) is 2. The van der Waals surface area contributed by atoms with Gasteiger partial charge in [0, 0.05) is 7.14 Å². The summed E-state index contributed by atoms with van der Waals surface area (Å²) in [5.74, 6) is 1.87. The molecule has 5 aromatic rings. The van der Waals surface area contributed by atoms with Crippen LogP contribution in [0.25, 0.3) is 43.8 Å². The summed E-state index contributed by atoms with van der Waals surface area (Å²) in [6, 6.07) is 31.1. The predicted octanol–water partition coefficient (Wildman–Crippen LogP) is 12.5. The Labute approximate surface area is 278 Å². The second-order valence-corrected chi connectivity index (χ2v) is 13.5. The van der Waals surface area contributed by atoms with Crippen LogP contribution < -0.4 is 9.47 Å². The molecule has 0 aliphatic carbocycles. The summed E-state index contributed by atoms with van der Waals surface area (Å²) in [4.78, 5) is 0. The zero-order valence-corrected chi connectivity index (χ0v) is 29.0. The molecule has 0 saturated carbocycles. The first-order valence-corrected chi connectivity index (χ1v) is 17.6. The molecule has 0 radical (unpaired) electrons. The largest absolute Gasteiger partial charge is 0.494 e. The van der Waals surface area contributed by atoms with Gasteiger partial charge in [0.05, 0.1) is 13.2 Å². The Morgan fingerprint density at radius 3 is 1.24 bits per heavy atom. The third-order valence-electron chi connectivity index (χ3n) is 7.86. The van der Waals surface area contributed by atoms with Crippen LogP contribution in [0.15, 0.2) is 84.9 Å². The molecule has 0 aliphatic heterocycles. The number of halogens is 2. The van der Waals surface area contributed by atoms with E-state index in [0.29, 0.717) is 0 Å². The lowest BCUT2D eigenvalue weighted by atomic mass is 9.85. The fraction of sp³-hybridized carbons (Fsp3) is 0.316. The molecule has 0 N–H and O–H groups in total. The Bertz CT molecular complexity index is 1490. The summed E-state index contributed by atoms with van der Waals surface area (Å²) >= 11 is 4.87. The highest BCUT2D eigenvalue weighted by atomic mass is 127. The highest BCUT2D eigenvalue weighted by Crippen LogP contribution is 2.45. The van der Waals surface area contributed by atoms with Crippen LogP contribution in [0.4, 0.5) is 0 Å². The zero-order valence-electron chi connectivity index (χ0n) is 24.7. The van der Waals surface area contributed by atoms with E-state index in [2.05, 4.69) is 144 Å². The highest BCUT2D eigenvalue weighted by molar-refractivity contribution is 14.1. The molecule has 42 heavy (non-hydrogen) atoms. The Morgan fingerprint density at radius 2 is 0.857 bits per heavy atom. The van der Waals surface area contributed by atoms with E-state index in [0.717, 1.165) is 37.6 Å². The lowest BCUT2D eigenvalue weighted by Gasteiger charge is -2.20. The van der Waals surface area contributed by atoms with Gasteiger partial charge in [0.15, 0.2) is 0 Å². The molecule has 0 unspecified atom stereocenters. The number of unbranched alkanes of at least 4 members (excludes halogenated alkanes) is 6. The number of fused-ring (bicyclic) bond motifs is 3. The topological polar surface area (TPSA) is 18.5 Å². The van der Waals surface area contributed by atoms with Crippen LogP contribution in [-0.4, -0.2) is 13.2 Å². The van der Waals surface area contributed by atoms with Gasteiger partial charge in [0.25, 0.3) is 0 Å². The Hall–Kier alpha value is -2.32. The molecule has 0 atom stereocenters.